The zero-order valence-electron chi connectivity index (χ0n) is 26.3. The van der Waals surface area contributed by atoms with Crippen molar-refractivity contribution in [3.63, 3.8) is 0 Å². The van der Waals surface area contributed by atoms with Gasteiger partial charge < -0.3 is 9.47 Å². The number of Topliss-reactive ketones (excluding diaryl/α,β-unsaturated/α-hetero) is 1. The Labute approximate surface area is 247 Å². The summed E-state index contributed by atoms with van der Waals surface area (Å²) in [6.45, 7) is 17.0. The van der Waals surface area contributed by atoms with Crippen molar-refractivity contribution in [2.75, 3.05) is 0 Å². The third kappa shape index (κ3) is 3.55. The largest absolute Gasteiger partial charge is 0.460 e. The number of esters is 1. The van der Waals surface area contributed by atoms with Gasteiger partial charge in [-0.25, -0.2) is 0 Å². The lowest BCUT2D eigenvalue weighted by atomic mass is 9.33. The Morgan fingerprint density at radius 3 is 2.37 bits per heavy atom. The lowest BCUT2D eigenvalue weighted by molar-refractivity contribution is -0.183. The van der Waals surface area contributed by atoms with Crippen LogP contribution in [0.2, 0.25) is 0 Å². The maximum atomic E-state index is 13.6. The maximum absolute atomic E-state index is 13.6. The average molecular weight is 559 g/mol. The SMILES string of the molecule is CC1(C)C(=O)[C@H]2O[C@H]2[C@@]2(C)C1CC[C@]1(C)C2CC=C2C3C[C@@](C)(C(=O)OCc4ccccc4)CC[C@]3(C)CC[C@]21C. The molecule has 1 heterocycles. The van der Waals surface area contributed by atoms with E-state index in [2.05, 4.69) is 54.5 Å². The molecular formula is C37H50O4. The van der Waals surface area contributed by atoms with E-state index in [0.29, 0.717) is 30.1 Å². The molecule has 7 rings (SSSR count). The zero-order chi connectivity index (χ0) is 29.2. The highest BCUT2D eigenvalue weighted by Gasteiger charge is 2.76. The highest BCUT2D eigenvalue weighted by atomic mass is 16.6. The molecule has 0 spiro atoms. The number of epoxide rings is 1. The van der Waals surface area contributed by atoms with E-state index >= 15 is 0 Å². The summed E-state index contributed by atoms with van der Waals surface area (Å²) in [5.74, 6) is 1.58. The lowest BCUT2D eigenvalue weighted by Gasteiger charge is -2.70. The van der Waals surface area contributed by atoms with Gasteiger partial charge in [0.2, 0.25) is 0 Å². The molecule has 3 unspecified atom stereocenters. The molecule has 0 amide bonds. The number of ketones is 1. The summed E-state index contributed by atoms with van der Waals surface area (Å²) in [6, 6.07) is 10.0. The third-order valence-corrected chi connectivity index (χ3v) is 14.6. The van der Waals surface area contributed by atoms with E-state index in [1.165, 1.54) is 19.3 Å². The number of allylic oxidation sites excluding steroid dienone is 2. The number of carbonyl (C=O) groups excluding carboxylic acids is 2. The molecule has 4 heteroatoms. The van der Waals surface area contributed by atoms with Gasteiger partial charge in [-0.1, -0.05) is 83.5 Å². The fourth-order valence-electron chi connectivity index (χ4n) is 11.6. The molecule has 41 heavy (non-hydrogen) atoms. The first kappa shape index (κ1) is 27.9. The highest BCUT2D eigenvalue weighted by molar-refractivity contribution is 5.92. The number of hydrogen-bond donors (Lipinski definition) is 0. The van der Waals surface area contributed by atoms with Gasteiger partial charge in [0, 0.05) is 10.8 Å². The monoisotopic (exact) mass is 558 g/mol. The zero-order valence-corrected chi connectivity index (χ0v) is 26.3. The minimum Gasteiger partial charge on any atom is -0.460 e. The Bertz CT molecular complexity index is 1310. The number of benzene rings is 1. The Hall–Kier alpha value is -1.94. The topological polar surface area (TPSA) is 55.9 Å². The summed E-state index contributed by atoms with van der Waals surface area (Å²) in [6.07, 6.45) is 11.1. The van der Waals surface area contributed by atoms with E-state index < -0.39 is 5.41 Å². The molecule has 222 valence electrons. The fraction of sp³-hybridized carbons (Fsp3) is 0.730. The van der Waals surface area contributed by atoms with E-state index in [-0.39, 0.29) is 45.3 Å². The van der Waals surface area contributed by atoms with Crippen LogP contribution in [0.25, 0.3) is 0 Å². The van der Waals surface area contributed by atoms with Crippen LogP contribution in [0.3, 0.4) is 0 Å². The van der Waals surface area contributed by atoms with Gasteiger partial charge in [-0.2, -0.15) is 0 Å². The second kappa shape index (κ2) is 8.58. The van der Waals surface area contributed by atoms with Crippen LogP contribution >= 0.6 is 0 Å². The Morgan fingerprint density at radius 1 is 0.927 bits per heavy atom. The van der Waals surface area contributed by atoms with Crippen LogP contribution < -0.4 is 0 Å². The molecule has 1 aliphatic heterocycles. The number of hydrogen-bond acceptors (Lipinski definition) is 4. The molecular weight excluding hydrogens is 508 g/mol. The summed E-state index contributed by atoms with van der Waals surface area (Å²) < 4.78 is 12.2. The van der Waals surface area contributed by atoms with Crippen molar-refractivity contribution in [2.45, 2.75) is 119 Å². The molecule has 1 saturated heterocycles. The van der Waals surface area contributed by atoms with Crippen LogP contribution in [0.4, 0.5) is 0 Å². The second-order valence-electron chi connectivity index (χ2n) is 16.8. The molecule has 1 aromatic carbocycles. The minimum absolute atomic E-state index is 0.0171. The normalized spacial score (nSPS) is 49.3. The summed E-state index contributed by atoms with van der Waals surface area (Å²) in [7, 11) is 0. The quantitative estimate of drug-likeness (QED) is 0.214. The highest BCUT2D eigenvalue weighted by Crippen LogP contribution is 2.77. The molecule has 4 nitrogen and oxygen atoms in total. The molecule has 0 aromatic heterocycles. The Morgan fingerprint density at radius 2 is 1.63 bits per heavy atom. The third-order valence-electron chi connectivity index (χ3n) is 14.6. The van der Waals surface area contributed by atoms with Gasteiger partial charge in [0.25, 0.3) is 0 Å². The van der Waals surface area contributed by atoms with Gasteiger partial charge in [-0.15, -0.1) is 0 Å². The van der Waals surface area contributed by atoms with Crippen LogP contribution in [0.1, 0.15) is 105 Å². The Balaban J connectivity index is 1.20. The van der Waals surface area contributed by atoms with Crippen LogP contribution in [0.5, 0.6) is 0 Å². The van der Waals surface area contributed by atoms with E-state index in [0.717, 1.165) is 37.7 Å². The minimum atomic E-state index is -0.456. The van der Waals surface area contributed by atoms with Crippen LogP contribution in [0, 0.1) is 50.2 Å². The maximum Gasteiger partial charge on any atom is 0.312 e. The van der Waals surface area contributed by atoms with Crippen molar-refractivity contribution < 1.29 is 19.1 Å². The van der Waals surface area contributed by atoms with E-state index in [1.54, 1.807) is 5.57 Å². The van der Waals surface area contributed by atoms with E-state index in [4.69, 9.17) is 9.47 Å². The van der Waals surface area contributed by atoms with Gasteiger partial charge in [-0.05, 0) is 97.9 Å². The van der Waals surface area contributed by atoms with Crippen LogP contribution in [-0.2, 0) is 25.7 Å². The molecule has 5 aliphatic carbocycles. The van der Waals surface area contributed by atoms with Crippen molar-refractivity contribution >= 4 is 11.8 Å². The van der Waals surface area contributed by atoms with Crippen molar-refractivity contribution in [3.05, 3.63) is 47.5 Å². The van der Waals surface area contributed by atoms with Gasteiger partial charge in [0.1, 0.15) is 12.7 Å². The second-order valence-corrected chi connectivity index (χ2v) is 16.8. The van der Waals surface area contributed by atoms with Gasteiger partial charge in [0.15, 0.2) is 5.78 Å². The Kier molecular flexibility index (Phi) is 5.83. The molecule has 0 N–H and O–H groups in total. The average Bonchev–Trinajstić information content (AvgIpc) is 3.75. The summed E-state index contributed by atoms with van der Waals surface area (Å²) in [5, 5.41) is 0. The molecule has 1 aromatic rings. The number of carbonyl (C=O) groups is 2. The molecule has 0 radical (unpaired) electrons. The van der Waals surface area contributed by atoms with Gasteiger partial charge in [0.05, 0.1) is 11.5 Å². The summed E-state index contributed by atoms with van der Waals surface area (Å²) in [5.41, 5.74) is 2.39. The van der Waals surface area contributed by atoms with Crippen LogP contribution in [0.15, 0.2) is 42.0 Å². The smallest absolute Gasteiger partial charge is 0.312 e. The van der Waals surface area contributed by atoms with E-state index in [9.17, 15) is 9.59 Å². The fourth-order valence-corrected chi connectivity index (χ4v) is 11.6. The van der Waals surface area contributed by atoms with Gasteiger partial charge >= 0.3 is 5.97 Å². The van der Waals surface area contributed by atoms with Crippen molar-refractivity contribution in [1.29, 1.82) is 0 Å². The molecule has 6 aliphatic rings. The first-order chi connectivity index (χ1) is 19.2. The van der Waals surface area contributed by atoms with Crippen molar-refractivity contribution in [2.24, 2.45) is 50.2 Å². The first-order valence-corrected chi connectivity index (χ1v) is 16.3. The standard InChI is InChI=1S/C37H50O4/c1-32(2)26-15-16-36(6)27(37(26,7)30-28(41-30)29(32)38)14-13-24-25-21-34(4,18-17-33(25,3)19-20-35(24,36)5)31(39)40-22-23-11-9-8-10-12-23/h8-13,25-28,30H,14-22H2,1-7H3/t25?,26?,27?,28-,30-,33-,34+,35-,36-,37+/m1/s1. The number of ether oxygens (including phenoxy) is 2. The number of rotatable bonds is 3. The first-order valence-electron chi connectivity index (χ1n) is 16.3. The van der Waals surface area contributed by atoms with E-state index in [1.807, 2.05) is 30.3 Å². The summed E-state index contributed by atoms with van der Waals surface area (Å²) in [4.78, 5) is 26.9. The molecule has 4 saturated carbocycles. The molecule has 5 fully saturated rings. The summed E-state index contributed by atoms with van der Waals surface area (Å²) >= 11 is 0. The predicted octanol–water partition coefficient (Wildman–Crippen LogP) is 8.09. The van der Waals surface area contributed by atoms with Crippen molar-refractivity contribution in [1.82, 2.24) is 0 Å². The van der Waals surface area contributed by atoms with Crippen molar-refractivity contribution in [3.8, 4) is 0 Å². The lowest BCUT2D eigenvalue weighted by Crippen LogP contribution is -2.66. The number of fused-ring (bicyclic) bond motifs is 9. The molecule has 0 bridgehead atoms. The predicted molar refractivity (Wildman–Crippen MR) is 160 cm³/mol. The molecule has 10 atom stereocenters. The van der Waals surface area contributed by atoms with Crippen LogP contribution in [-0.4, -0.2) is 24.0 Å². The van der Waals surface area contributed by atoms with Gasteiger partial charge in [-0.3, -0.25) is 9.59 Å².